The second-order valence-corrected chi connectivity index (χ2v) is 6.22. The number of fused-ring (bicyclic) bond motifs is 1. The highest BCUT2D eigenvalue weighted by Gasteiger charge is 2.45. The molecule has 0 saturated heterocycles. The Balaban J connectivity index is 1.63. The molecule has 1 aromatic carbocycles. The highest BCUT2D eigenvalue weighted by Crippen LogP contribution is 2.48. The predicted octanol–water partition coefficient (Wildman–Crippen LogP) is 2.70. The first-order valence-electron chi connectivity index (χ1n) is 7.72. The first-order chi connectivity index (χ1) is 10.9. The molecule has 2 aliphatic rings. The Kier molecular flexibility index (Phi) is 4.23. The maximum absolute atomic E-state index is 12.1. The Morgan fingerprint density at radius 1 is 1.30 bits per heavy atom. The van der Waals surface area contributed by atoms with E-state index in [0.29, 0.717) is 6.42 Å². The molecular formula is C16H19F3N2O2. The van der Waals surface area contributed by atoms with Crippen molar-refractivity contribution < 1.29 is 22.7 Å². The third kappa shape index (κ3) is 3.77. The summed E-state index contributed by atoms with van der Waals surface area (Å²) >= 11 is 0. The van der Waals surface area contributed by atoms with Gasteiger partial charge in [0.25, 0.3) is 0 Å². The van der Waals surface area contributed by atoms with E-state index in [-0.39, 0.29) is 18.2 Å². The van der Waals surface area contributed by atoms with Gasteiger partial charge in [-0.25, -0.2) is 0 Å². The van der Waals surface area contributed by atoms with E-state index >= 15 is 0 Å². The van der Waals surface area contributed by atoms with E-state index in [9.17, 15) is 18.0 Å². The van der Waals surface area contributed by atoms with Crippen molar-refractivity contribution in [2.45, 2.75) is 43.5 Å². The molecule has 0 radical (unpaired) electrons. The first kappa shape index (κ1) is 16.1. The van der Waals surface area contributed by atoms with E-state index in [1.165, 1.54) is 0 Å². The van der Waals surface area contributed by atoms with Crippen LogP contribution in [0.4, 0.5) is 13.2 Å². The van der Waals surface area contributed by atoms with Gasteiger partial charge in [0, 0.05) is 12.0 Å². The van der Waals surface area contributed by atoms with Gasteiger partial charge in [-0.3, -0.25) is 4.79 Å². The minimum absolute atomic E-state index is 0.222. The molecule has 0 aromatic heterocycles. The lowest BCUT2D eigenvalue weighted by molar-refractivity contribution is -0.129. The molecule has 1 atom stereocenters. The largest absolute Gasteiger partial charge is 0.487 e. The highest BCUT2D eigenvalue weighted by atomic mass is 19.4. The number of hydrogen-bond donors (Lipinski definition) is 2. The molecule has 4 nitrogen and oxygen atoms in total. The molecule has 2 N–H and O–H groups in total. The average molecular weight is 328 g/mol. The maximum atomic E-state index is 12.1. The summed E-state index contributed by atoms with van der Waals surface area (Å²) in [6.45, 7) is -1.53. The van der Waals surface area contributed by atoms with Crippen molar-refractivity contribution >= 4 is 5.91 Å². The number of halogens is 3. The van der Waals surface area contributed by atoms with Crippen LogP contribution >= 0.6 is 0 Å². The fraction of sp³-hybridized carbons (Fsp3) is 0.562. The van der Waals surface area contributed by atoms with Gasteiger partial charge in [0.05, 0.1) is 19.1 Å². The second kappa shape index (κ2) is 6.03. The SMILES string of the molecule is O=C(CNCC(F)(F)F)N[C@@H]1CC2(CCC2)Oc2ccccc21. The molecule has 1 spiro atoms. The van der Waals surface area contributed by atoms with Crippen LogP contribution in [0.25, 0.3) is 0 Å². The zero-order valence-electron chi connectivity index (χ0n) is 12.6. The number of benzene rings is 1. The molecule has 0 unspecified atom stereocenters. The van der Waals surface area contributed by atoms with Crippen LogP contribution in [0.15, 0.2) is 24.3 Å². The molecule has 1 fully saturated rings. The summed E-state index contributed by atoms with van der Waals surface area (Å²) in [6.07, 6.45) is -0.674. The van der Waals surface area contributed by atoms with Crippen LogP contribution in [0.5, 0.6) is 5.75 Å². The lowest BCUT2D eigenvalue weighted by Gasteiger charge is -2.48. The van der Waals surface area contributed by atoms with Gasteiger partial charge in [0.2, 0.25) is 5.91 Å². The summed E-state index contributed by atoms with van der Waals surface area (Å²) in [5, 5.41) is 4.95. The summed E-state index contributed by atoms with van der Waals surface area (Å²) in [5.74, 6) is 0.317. The van der Waals surface area contributed by atoms with E-state index < -0.39 is 18.6 Å². The molecule has 1 amide bonds. The average Bonchev–Trinajstić information content (AvgIpc) is 2.44. The molecule has 1 saturated carbocycles. The quantitative estimate of drug-likeness (QED) is 0.893. The first-order valence-corrected chi connectivity index (χ1v) is 7.72. The summed E-state index contributed by atoms with van der Waals surface area (Å²) in [5.41, 5.74) is 0.653. The van der Waals surface area contributed by atoms with E-state index in [0.717, 1.165) is 30.6 Å². The van der Waals surface area contributed by atoms with E-state index in [4.69, 9.17) is 4.74 Å². The molecule has 0 bridgehead atoms. The number of carbonyl (C=O) groups excluding carboxylic acids is 1. The molecule has 1 aliphatic heterocycles. The number of hydrogen-bond acceptors (Lipinski definition) is 3. The number of alkyl halides is 3. The Morgan fingerprint density at radius 3 is 2.70 bits per heavy atom. The molecule has 7 heteroatoms. The molecule has 23 heavy (non-hydrogen) atoms. The number of para-hydroxylation sites is 1. The topological polar surface area (TPSA) is 50.4 Å². The van der Waals surface area contributed by atoms with Crippen LogP contribution < -0.4 is 15.4 Å². The Bertz CT molecular complexity index is 585. The van der Waals surface area contributed by atoms with Crippen LogP contribution in [-0.2, 0) is 4.79 Å². The molecule has 1 aromatic rings. The fourth-order valence-corrected chi connectivity index (χ4v) is 3.19. The summed E-state index contributed by atoms with van der Waals surface area (Å²) in [4.78, 5) is 11.9. The molecule has 1 heterocycles. The number of carbonyl (C=O) groups is 1. The number of nitrogens with one attached hydrogen (secondary N) is 2. The van der Waals surface area contributed by atoms with Gasteiger partial charge in [0.1, 0.15) is 11.4 Å². The van der Waals surface area contributed by atoms with E-state index in [2.05, 4.69) is 10.6 Å². The van der Waals surface area contributed by atoms with Crippen molar-refractivity contribution in [3.8, 4) is 5.75 Å². The summed E-state index contributed by atoms with van der Waals surface area (Å²) in [7, 11) is 0. The smallest absolute Gasteiger partial charge is 0.401 e. The predicted molar refractivity (Wildman–Crippen MR) is 78.1 cm³/mol. The van der Waals surface area contributed by atoms with Gasteiger partial charge < -0.3 is 15.4 Å². The molecule has 3 rings (SSSR count). The third-order valence-electron chi connectivity index (χ3n) is 4.41. The minimum atomic E-state index is -4.32. The van der Waals surface area contributed by atoms with Crippen molar-refractivity contribution in [3.63, 3.8) is 0 Å². The maximum Gasteiger partial charge on any atom is 0.401 e. The Hall–Kier alpha value is -1.76. The van der Waals surface area contributed by atoms with Gasteiger partial charge in [-0.05, 0) is 25.3 Å². The zero-order valence-corrected chi connectivity index (χ0v) is 12.6. The van der Waals surface area contributed by atoms with Gasteiger partial charge in [-0.1, -0.05) is 18.2 Å². The zero-order chi connectivity index (χ0) is 16.5. The van der Waals surface area contributed by atoms with Gasteiger partial charge >= 0.3 is 6.18 Å². The highest BCUT2D eigenvalue weighted by molar-refractivity contribution is 5.78. The fourth-order valence-electron chi connectivity index (χ4n) is 3.19. The molecule has 1 aliphatic carbocycles. The Labute approximate surface area is 132 Å². The molecule has 126 valence electrons. The van der Waals surface area contributed by atoms with Crippen molar-refractivity contribution in [1.29, 1.82) is 0 Å². The van der Waals surface area contributed by atoms with Crippen molar-refractivity contribution in [2.24, 2.45) is 0 Å². The number of ether oxygens (including phenoxy) is 1. The van der Waals surface area contributed by atoms with E-state index in [1.54, 1.807) is 0 Å². The van der Waals surface area contributed by atoms with Gasteiger partial charge in [-0.15, -0.1) is 0 Å². The van der Waals surface area contributed by atoms with Crippen LogP contribution in [0, 0.1) is 0 Å². The second-order valence-electron chi connectivity index (χ2n) is 6.22. The summed E-state index contributed by atoms with van der Waals surface area (Å²) in [6, 6.07) is 7.27. The van der Waals surface area contributed by atoms with Crippen molar-refractivity contribution in [3.05, 3.63) is 29.8 Å². The van der Waals surface area contributed by atoms with Gasteiger partial charge in [-0.2, -0.15) is 13.2 Å². The number of rotatable bonds is 4. The lowest BCUT2D eigenvalue weighted by atomic mass is 9.73. The standard InChI is InChI=1S/C16H19F3N2O2/c17-16(18,19)10-20-9-14(22)21-12-8-15(6-3-7-15)23-13-5-2-1-4-11(12)13/h1-2,4-5,12,20H,3,6-10H2,(H,21,22)/t12-/m1/s1. The number of amides is 1. The van der Waals surface area contributed by atoms with Crippen molar-refractivity contribution in [2.75, 3.05) is 13.1 Å². The molecular weight excluding hydrogens is 309 g/mol. The van der Waals surface area contributed by atoms with E-state index in [1.807, 2.05) is 24.3 Å². The minimum Gasteiger partial charge on any atom is -0.487 e. The Morgan fingerprint density at radius 2 is 2.04 bits per heavy atom. The normalized spacial score (nSPS) is 22.0. The van der Waals surface area contributed by atoms with Crippen LogP contribution in [0.1, 0.15) is 37.3 Å². The van der Waals surface area contributed by atoms with Crippen LogP contribution in [-0.4, -0.2) is 30.8 Å². The van der Waals surface area contributed by atoms with Gasteiger partial charge in [0.15, 0.2) is 0 Å². The van der Waals surface area contributed by atoms with Crippen LogP contribution in [0.3, 0.4) is 0 Å². The van der Waals surface area contributed by atoms with Crippen molar-refractivity contribution in [1.82, 2.24) is 10.6 Å². The van der Waals surface area contributed by atoms with Crippen LogP contribution in [0.2, 0.25) is 0 Å². The monoisotopic (exact) mass is 328 g/mol. The third-order valence-corrected chi connectivity index (χ3v) is 4.41. The lowest BCUT2D eigenvalue weighted by Crippen LogP contribution is -2.50. The summed E-state index contributed by atoms with van der Waals surface area (Å²) < 4.78 is 42.4.